The number of alkyl halides is 3. The normalized spacial score (nSPS) is 18.1. The number of ether oxygens (including phenoxy) is 1. The second-order valence-electron chi connectivity index (χ2n) is 8.07. The van der Waals surface area contributed by atoms with Gasteiger partial charge in [-0.05, 0) is 50.1 Å². The standard InChI is InChI=1S/C22H20ClF4N3O3/c1-11-17-8-18(21(31)32)19(24)9-20(17)30(28-11)15-3-4-29(10-15)12(2)13-5-14(23)7-16(6-13)33-22(25,26)27/h5-9,12,15H,3-4,10H2,1-2H3,(H,31,32)/t12-,15?/m1/s1. The molecular weight excluding hydrogens is 466 g/mol. The lowest BCUT2D eigenvalue weighted by atomic mass is 10.1. The molecule has 2 heterocycles. The molecule has 1 aliphatic rings. The molecule has 0 spiro atoms. The van der Waals surface area contributed by atoms with Gasteiger partial charge >= 0.3 is 12.3 Å². The Bertz CT molecular complexity index is 1230. The maximum Gasteiger partial charge on any atom is 0.573 e. The van der Waals surface area contributed by atoms with Crippen LogP contribution < -0.4 is 4.74 Å². The summed E-state index contributed by atoms with van der Waals surface area (Å²) in [7, 11) is 0. The molecule has 2 aromatic carbocycles. The topological polar surface area (TPSA) is 67.6 Å². The number of aromatic nitrogens is 2. The smallest absolute Gasteiger partial charge is 0.478 e. The summed E-state index contributed by atoms with van der Waals surface area (Å²) in [5, 5.41) is 14.4. The van der Waals surface area contributed by atoms with Crippen molar-refractivity contribution in [3.8, 4) is 5.75 Å². The zero-order chi connectivity index (χ0) is 24.1. The van der Waals surface area contributed by atoms with Crippen LogP contribution in [0.5, 0.6) is 5.75 Å². The van der Waals surface area contributed by atoms with Gasteiger partial charge in [0, 0.05) is 35.6 Å². The third kappa shape index (κ3) is 4.77. The van der Waals surface area contributed by atoms with Crippen LogP contribution in [-0.2, 0) is 0 Å². The molecule has 1 aromatic heterocycles. The summed E-state index contributed by atoms with van der Waals surface area (Å²) < 4.78 is 57.9. The third-order valence-corrected chi connectivity index (χ3v) is 6.13. The predicted octanol–water partition coefficient (Wildman–Crippen LogP) is 5.74. The number of carboxylic acids is 1. The van der Waals surface area contributed by atoms with E-state index in [0.29, 0.717) is 41.7 Å². The Balaban J connectivity index is 1.58. The zero-order valence-electron chi connectivity index (χ0n) is 17.7. The Morgan fingerprint density at radius 1 is 1.27 bits per heavy atom. The minimum absolute atomic E-state index is 0.121. The Morgan fingerprint density at radius 3 is 2.67 bits per heavy atom. The van der Waals surface area contributed by atoms with Crippen LogP contribution in [0.1, 0.15) is 47.0 Å². The summed E-state index contributed by atoms with van der Waals surface area (Å²) in [4.78, 5) is 13.3. The summed E-state index contributed by atoms with van der Waals surface area (Å²) >= 11 is 6.01. The third-order valence-electron chi connectivity index (χ3n) is 5.91. The lowest BCUT2D eigenvalue weighted by Gasteiger charge is -2.25. The SMILES string of the molecule is Cc1nn(C2CCN([C@H](C)c3cc(Cl)cc(OC(F)(F)F)c3)C2)c2cc(F)c(C(=O)O)cc12. The molecule has 176 valence electrons. The number of likely N-dealkylation sites (tertiary alicyclic amines) is 1. The van der Waals surface area contributed by atoms with Gasteiger partial charge in [0.15, 0.2) is 0 Å². The first-order chi connectivity index (χ1) is 15.4. The highest BCUT2D eigenvalue weighted by atomic mass is 35.5. The Morgan fingerprint density at radius 2 is 2.00 bits per heavy atom. The summed E-state index contributed by atoms with van der Waals surface area (Å²) in [6.07, 6.45) is -4.14. The maximum atomic E-state index is 14.3. The van der Waals surface area contributed by atoms with E-state index in [2.05, 4.69) is 14.7 Å². The highest BCUT2D eigenvalue weighted by Gasteiger charge is 2.33. The molecule has 1 unspecified atom stereocenters. The van der Waals surface area contributed by atoms with Gasteiger partial charge in [-0.15, -0.1) is 13.2 Å². The van der Waals surface area contributed by atoms with E-state index in [1.807, 2.05) is 6.92 Å². The van der Waals surface area contributed by atoms with Crippen LogP contribution >= 0.6 is 11.6 Å². The van der Waals surface area contributed by atoms with Crippen molar-refractivity contribution in [1.29, 1.82) is 0 Å². The molecule has 11 heteroatoms. The molecule has 0 bridgehead atoms. The van der Waals surface area contributed by atoms with Crippen LogP contribution in [0.2, 0.25) is 5.02 Å². The first-order valence-electron chi connectivity index (χ1n) is 10.1. The number of rotatable bonds is 5. The second-order valence-corrected chi connectivity index (χ2v) is 8.50. The van der Waals surface area contributed by atoms with Gasteiger partial charge in [-0.25, -0.2) is 9.18 Å². The van der Waals surface area contributed by atoms with Crippen molar-refractivity contribution in [2.24, 2.45) is 0 Å². The highest BCUT2D eigenvalue weighted by Crippen LogP contribution is 2.36. The number of aromatic carboxylic acids is 1. The van der Waals surface area contributed by atoms with Crippen molar-refractivity contribution in [2.45, 2.75) is 38.7 Å². The lowest BCUT2D eigenvalue weighted by Crippen LogP contribution is -2.25. The van der Waals surface area contributed by atoms with Gasteiger partial charge in [0.25, 0.3) is 0 Å². The number of benzene rings is 2. The highest BCUT2D eigenvalue weighted by molar-refractivity contribution is 6.30. The van der Waals surface area contributed by atoms with E-state index in [1.165, 1.54) is 18.2 Å². The van der Waals surface area contributed by atoms with E-state index in [1.54, 1.807) is 17.7 Å². The number of hydrogen-bond donors (Lipinski definition) is 1. The molecule has 4 rings (SSSR count). The summed E-state index contributed by atoms with van der Waals surface area (Å²) in [6.45, 7) is 4.73. The molecule has 0 amide bonds. The zero-order valence-corrected chi connectivity index (χ0v) is 18.4. The molecule has 1 N–H and O–H groups in total. The number of carboxylic acid groups (broad SMARTS) is 1. The van der Waals surface area contributed by atoms with Gasteiger partial charge in [-0.1, -0.05) is 11.6 Å². The van der Waals surface area contributed by atoms with Crippen molar-refractivity contribution in [1.82, 2.24) is 14.7 Å². The molecule has 0 saturated carbocycles. The van der Waals surface area contributed by atoms with Gasteiger partial charge in [-0.3, -0.25) is 9.58 Å². The molecule has 1 aliphatic heterocycles. The average molecular weight is 486 g/mol. The summed E-state index contributed by atoms with van der Waals surface area (Å²) in [5.41, 5.74) is 1.24. The Hall–Kier alpha value is -2.85. The number of nitrogens with zero attached hydrogens (tertiary/aromatic N) is 3. The predicted molar refractivity (Wildman–Crippen MR) is 113 cm³/mol. The minimum atomic E-state index is -4.82. The fourth-order valence-corrected chi connectivity index (χ4v) is 4.54. The van der Waals surface area contributed by atoms with Crippen molar-refractivity contribution in [3.63, 3.8) is 0 Å². The van der Waals surface area contributed by atoms with Gasteiger partial charge in [0.1, 0.15) is 11.6 Å². The van der Waals surface area contributed by atoms with Gasteiger partial charge in [-0.2, -0.15) is 5.10 Å². The number of carbonyl (C=O) groups is 1. The van der Waals surface area contributed by atoms with Crippen LogP contribution in [0, 0.1) is 12.7 Å². The molecule has 0 radical (unpaired) electrons. The van der Waals surface area contributed by atoms with Crippen molar-refractivity contribution in [3.05, 3.63) is 58.0 Å². The quantitative estimate of drug-likeness (QED) is 0.467. The fourth-order valence-electron chi connectivity index (χ4n) is 4.30. The van der Waals surface area contributed by atoms with Gasteiger partial charge < -0.3 is 9.84 Å². The largest absolute Gasteiger partial charge is 0.573 e. The van der Waals surface area contributed by atoms with E-state index < -0.39 is 23.7 Å². The van der Waals surface area contributed by atoms with E-state index in [0.717, 1.165) is 6.07 Å². The molecular formula is C22H20ClF4N3O3. The number of halogens is 5. The second kappa shape index (κ2) is 8.49. The molecule has 33 heavy (non-hydrogen) atoms. The Kier molecular flexibility index (Phi) is 6.00. The number of hydrogen-bond acceptors (Lipinski definition) is 4. The van der Waals surface area contributed by atoms with Gasteiger partial charge in [0.05, 0.1) is 22.8 Å². The minimum Gasteiger partial charge on any atom is -0.478 e. The van der Waals surface area contributed by atoms with E-state index in [-0.39, 0.29) is 22.9 Å². The average Bonchev–Trinajstić information content (AvgIpc) is 3.29. The fraction of sp³-hybridized carbons (Fsp3) is 0.364. The molecule has 6 nitrogen and oxygen atoms in total. The molecule has 1 saturated heterocycles. The van der Waals surface area contributed by atoms with Crippen LogP contribution in [0.3, 0.4) is 0 Å². The van der Waals surface area contributed by atoms with Crippen LogP contribution in [-0.4, -0.2) is 45.2 Å². The van der Waals surface area contributed by atoms with Gasteiger partial charge in [0.2, 0.25) is 0 Å². The van der Waals surface area contributed by atoms with Crippen molar-refractivity contribution < 1.29 is 32.2 Å². The molecule has 0 aliphatic carbocycles. The molecule has 1 fully saturated rings. The first-order valence-corrected chi connectivity index (χ1v) is 10.5. The monoisotopic (exact) mass is 485 g/mol. The van der Waals surface area contributed by atoms with Crippen LogP contribution in [0.25, 0.3) is 10.9 Å². The van der Waals surface area contributed by atoms with E-state index >= 15 is 0 Å². The summed E-state index contributed by atoms with van der Waals surface area (Å²) in [6, 6.07) is 6.10. The van der Waals surface area contributed by atoms with E-state index in [9.17, 15) is 27.5 Å². The number of fused-ring (bicyclic) bond motifs is 1. The number of aryl methyl sites for hydroxylation is 1. The molecule has 2 atom stereocenters. The van der Waals surface area contributed by atoms with E-state index in [4.69, 9.17) is 11.6 Å². The van der Waals surface area contributed by atoms with Crippen LogP contribution in [0.4, 0.5) is 17.6 Å². The lowest BCUT2D eigenvalue weighted by molar-refractivity contribution is -0.274. The maximum absolute atomic E-state index is 14.3. The molecule has 3 aromatic rings. The van der Waals surface area contributed by atoms with Crippen molar-refractivity contribution in [2.75, 3.05) is 13.1 Å². The van der Waals surface area contributed by atoms with Crippen molar-refractivity contribution >= 4 is 28.5 Å². The summed E-state index contributed by atoms with van der Waals surface area (Å²) in [5.74, 6) is -2.57. The Labute approximate surface area is 191 Å². The first kappa shape index (κ1) is 23.3. The van der Waals surface area contributed by atoms with Crippen LogP contribution in [0.15, 0.2) is 30.3 Å².